The molecule has 21 nitrogen and oxygen atoms in total. The second-order valence-electron chi connectivity index (χ2n) is 43.0. The van der Waals surface area contributed by atoms with Gasteiger partial charge < -0.3 is 38.5 Å². The van der Waals surface area contributed by atoms with Gasteiger partial charge in [-0.1, -0.05) is 135 Å². The van der Waals surface area contributed by atoms with Crippen molar-refractivity contribution in [3.8, 4) is 35.1 Å². The third-order valence-electron chi connectivity index (χ3n) is 31.0. The molecule has 14 heterocycles. The molecule has 0 atom stereocenters. The van der Waals surface area contributed by atoms with Crippen molar-refractivity contribution in [3.63, 3.8) is 0 Å². The predicted octanol–water partition coefficient (Wildman–Crippen LogP) is 20.6. The number of likely N-dealkylation sites (N-methyl/N-ethyl adjacent to an activating group) is 4. The molecule has 5 aromatic rings. The third kappa shape index (κ3) is 14.1. The normalized spacial score (nSPS) is 22.1. The molecular formula is C108H124N10O11S. The van der Waals surface area contributed by atoms with Crippen LogP contribution < -0.4 is 38.5 Å². The molecule has 2 saturated heterocycles. The molecule has 2 fully saturated rings. The number of allylic oxidation sites excluding steroid dienone is 10. The van der Waals surface area contributed by atoms with E-state index < -0.39 is 17.8 Å². The van der Waals surface area contributed by atoms with Gasteiger partial charge in [-0.2, -0.15) is 10.5 Å². The van der Waals surface area contributed by atoms with Gasteiger partial charge >= 0.3 is 6.03 Å². The van der Waals surface area contributed by atoms with Gasteiger partial charge in [-0.15, -0.1) is 0 Å². The van der Waals surface area contributed by atoms with E-state index in [1.165, 1.54) is 71.5 Å². The zero-order chi connectivity index (χ0) is 93.7. The molecule has 6 amide bonds. The average molecular weight is 1770 g/mol. The van der Waals surface area contributed by atoms with E-state index in [0.717, 1.165) is 187 Å². The van der Waals surface area contributed by atoms with Gasteiger partial charge in [0.25, 0.3) is 23.6 Å². The Bertz CT molecular complexity index is 6010. The molecule has 0 bridgehead atoms. The van der Waals surface area contributed by atoms with Crippen molar-refractivity contribution < 1.29 is 52.5 Å². The van der Waals surface area contributed by atoms with Crippen molar-refractivity contribution in [3.05, 3.63) is 196 Å². The van der Waals surface area contributed by atoms with E-state index in [2.05, 4.69) is 162 Å². The maximum atomic E-state index is 13.4. The summed E-state index contributed by atoms with van der Waals surface area (Å²) >= 11 is 5.45. The van der Waals surface area contributed by atoms with Crippen molar-refractivity contribution in [1.29, 1.82) is 10.5 Å². The van der Waals surface area contributed by atoms with Gasteiger partial charge in [0.05, 0.1) is 0 Å². The van der Waals surface area contributed by atoms with Crippen LogP contribution in [-0.2, 0) is 62.5 Å². The first-order valence-electron chi connectivity index (χ1n) is 46.8. The van der Waals surface area contributed by atoms with Crippen LogP contribution in [-0.4, -0.2) is 144 Å². The van der Waals surface area contributed by atoms with Gasteiger partial charge in [-0.05, 0) is 255 Å². The lowest BCUT2D eigenvalue weighted by molar-refractivity contribution is -0.137. The number of urea groups is 1. The minimum absolute atomic E-state index is 0.0238. The molecule has 0 spiro atoms. The lowest BCUT2D eigenvalue weighted by Crippen LogP contribution is -2.56. The van der Waals surface area contributed by atoms with Gasteiger partial charge in [-0.25, -0.2) is 4.79 Å². The van der Waals surface area contributed by atoms with Crippen molar-refractivity contribution in [1.82, 2.24) is 19.6 Å². The Balaban J connectivity index is 0.000000122. The van der Waals surface area contributed by atoms with Crippen LogP contribution in [0.5, 0.6) is 23.0 Å². The van der Waals surface area contributed by atoms with Crippen molar-refractivity contribution in [2.45, 2.75) is 261 Å². The van der Waals surface area contributed by atoms with Gasteiger partial charge in [0.2, 0.25) is 11.6 Å². The van der Waals surface area contributed by atoms with Gasteiger partial charge in [0.15, 0.2) is 16.4 Å². The van der Waals surface area contributed by atoms with Crippen molar-refractivity contribution in [2.75, 3.05) is 98.1 Å². The number of amides is 6. The molecule has 0 unspecified atom stereocenters. The van der Waals surface area contributed by atoms with E-state index >= 15 is 0 Å². The van der Waals surface area contributed by atoms with Crippen LogP contribution in [0.1, 0.15) is 305 Å². The van der Waals surface area contributed by atoms with Crippen LogP contribution in [0.3, 0.4) is 0 Å². The molecule has 5 aromatic carbocycles. The van der Waals surface area contributed by atoms with E-state index in [1.807, 2.05) is 65.0 Å². The summed E-state index contributed by atoms with van der Waals surface area (Å²) in [7, 11) is 0. The second kappa shape index (κ2) is 31.6. The molecule has 130 heavy (non-hydrogen) atoms. The number of barbiturate groups is 1. The smallest absolute Gasteiger partial charge is 0.333 e. The first-order valence-corrected chi connectivity index (χ1v) is 47.2. The Morgan fingerprint density at radius 2 is 0.592 bits per heavy atom. The minimum atomic E-state index is -0.594. The number of hydrogen-bond acceptors (Lipinski definition) is 18. The topological polar surface area (TPSA) is 230 Å². The zero-order valence-electron chi connectivity index (χ0n) is 80.4. The number of nitriles is 2. The first-order chi connectivity index (χ1) is 61.1. The fourth-order valence-electron chi connectivity index (χ4n) is 22.5. The summed E-state index contributed by atoms with van der Waals surface area (Å²) in [5.41, 5.74) is 24.7. The number of imide groups is 2. The molecule has 0 saturated carbocycles. The Morgan fingerprint density at radius 1 is 0.346 bits per heavy atom. The quantitative estimate of drug-likeness (QED) is 0.0704. The lowest BCUT2D eigenvalue weighted by atomic mass is 9.68. The minimum Gasteiger partial charge on any atom is -0.455 e. The molecule has 15 aliphatic rings. The molecule has 0 radical (unpaired) electrons. The maximum Gasteiger partial charge on any atom is 0.333 e. The van der Waals surface area contributed by atoms with Crippen LogP contribution in [0.15, 0.2) is 118 Å². The van der Waals surface area contributed by atoms with E-state index in [1.54, 1.807) is 44.2 Å². The van der Waals surface area contributed by atoms with Crippen LogP contribution in [0.25, 0.3) is 22.3 Å². The molecule has 1 aliphatic carbocycles. The number of rotatable bonds is 4. The number of carbonyl (C=O) groups is 7. The highest BCUT2D eigenvalue weighted by Crippen LogP contribution is 2.62. The number of thiocarbonyl (C=S) groups is 1. The third-order valence-corrected chi connectivity index (χ3v) is 31.4. The van der Waals surface area contributed by atoms with Crippen LogP contribution >= 0.6 is 12.2 Å². The number of ketones is 2. The number of fused-ring (bicyclic) bond motifs is 9. The van der Waals surface area contributed by atoms with Crippen molar-refractivity contribution >= 4 is 104 Å². The molecule has 0 N–H and O–H groups in total. The summed E-state index contributed by atoms with van der Waals surface area (Å²) in [5.74, 6) is 2.03. The largest absolute Gasteiger partial charge is 0.455 e. The zero-order valence-corrected chi connectivity index (χ0v) is 81.3. The van der Waals surface area contributed by atoms with Crippen molar-refractivity contribution in [2.24, 2.45) is 0 Å². The van der Waals surface area contributed by atoms with Crippen LogP contribution in [0.4, 0.5) is 27.5 Å². The predicted molar refractivity (Wildman–Crippen MR) is 515 cm³/mol. The van der Waals surface area contributed by atoms with E-state index in [4.69, 9.17) is 31.2 Å². The maximum absolute atomic E-state index is 13.4. The average Bonchev–Trinajstić information content (AvgIpc) is 0.940. The standard InChI is InChI=1S/C29H29NO3.C28H35N3O4.C28H35N3O3S.C23H25N3O/c1-16-14-21(22-25(31)17-8-6-7-9-18(17)26(22)32)33-27-19(16)15-20-24-23(27)29(4,5)11-13-30(24)12-10-28(20,2)3;1-8-30-24(32)20(25(33)31(9-2)26(30)34)19-14-16(3)17-15-18-22-21(23(17)35-19)28(6,7)11-13-29(22)12-10-27(18,4)5;1-8-30-24(32)20(25(33)31(9-2)26(30)35)19-14-16(3)17-15-18-22-21(23(17)34-19)28(6,7)11-13-29(22)12-10-27(18,4)5;1-14-10-18(15(12-24)13-25)27-21-16(14)11-17-20-19(21)23(4,5)7-9-26(20)8-6-22(17,2)3/h6-9,14-15H,10-13H2,1-5H3;2*14-15H,8-13H2,1-7H3;10-11H,6-9H2,1-5H3. The van der Waals surface area contributed by atoms with Gasteiger partial charge in [0.1, 0.15) is 69.1 Å². The Morgan fingerprint density at radius 3 is 0.862 bits per heavy atom. The van der Waals surface area contributed by atoms with Gasteiger partial charge in [-0.3, -0.25) is 48.4 Å². The summed E-state index contributed by atoms with van der Waals surface area (Å²) in [6.07, 6.45) is 15.9. The molecular weight excluding hydrogens is 1650 g/mol. The Hall–Kier alpha value is -11.6. The van der Waals surface area contributed by atoms with E-state index in [-0.39, 0.29) is 113 Å². The second-order valence-corrected chi connectivity index (χ2v) is 43.3. The molecule has 0 aromatic heterocycles. The Kier molecular flexibility index (Phi) is 21.9. The molecule has 14 aliphatic heterocycles. The number of Topliss-reactive ketones (excluding diaryl/α,β-unsaturated/α-hetero) is 2. The number of carbonyl (C=O) groups excluding carboxylic acids is 7. The first kappa shape index (κ1) is 90.3. The summed E-state index contributed by atoms with van der Waals surface area (Å²) in [6, 6.07) is 19.5. The van der Waals surface area contributed by atoms with E-state index in [0.29, 0.717) is 41.5 Å². The number of anilines is 4. The monoisotopic (exact) mass is 1770 g/mol. The molecule has 20 rings (SSSR count). The number of nitrogens with zero attached hydrogens (tertiary/aromatic N) is 10. The fraction of sp³-hybridized carbons (Fsp3) is 0.481. The highest BCUT2D eigenvalue weighted by Gasteiger charge is 2.53. The number of benzene rings is 5. The number of hydrogen-bond donors (Lipinski definition) is 0. The highest BCUT2D eigenvalue weighted by atomic mass is 32.1. The fourth-order valence-corrected chi connectivity index (χ4v) is 22.9. The van der Waals surface area contributed by atoms with E-state index in [9.17, 15) is 44.1 Å². The van der Waals surface area contributed by atoms with Gasteiger partial charge in [0, 0.05) is 157 Å². The lowest BCUT2D eigenvalue weighted by Gasteiger charge is -2.49. The summed E-state index contributed by atoms with van der Waals surface area (Å²) < 4.78 is 26.0. The summed E-state index contributed by atoms with van der Waals surface area (Å²) in [4.78, 5) is 108. The Labute approximate surface area is 771 Å². The SMILES string of the molecule is CC1=CC(=C(C#N)C#N)Oc2c1cc1c3c2C(C)(C)CCN3CCC1(C)C.CC1=CC(=C2C(=O)c3ccccc3C2=O)Oc2c1cc1c3c2C(C)(C)CCN3CCC1(C)C.CCN1C(=O)C(=C2C=C(C)c3cc4c5c(c3O2)C(C)(C)CCN5CCC4(C)C)C(=O)N(CC)C1=O.CCN1C(=O)C(=C2C=C(C)c3cc4c5c(c3O2)C(C)(C)CCN5CCC4(C)C)C(=O)N(CC)C1=S. The highest BCUT2D eigenvalue weighted by molar-refractivity contribution is 7.80. The number of ether oxygens (including phenoxy) is 4. The van der Waals surface area contributed by atoms with Crippen LogP contribution in [0.2, 0.25) is 0 Å². The molecule has 22 heteroatoms. The van der Waals surface area contributed by atoms with Crippen LogP contribution in [0, 0.1) is 22.7 Å². The molecule has 678 valence electrons. The summed E-state index contributed by atoms with van der Waals surface area (Å²) in [6.45, 7) is 61.5. The summed E-state index contributed by atoms with van der Waals surface area (Å²) in [5, 5.41) is 18.9.